The maximum atomic E-state index is 12.9. The second kappa shape index (κ2) is 7.21. The summed E-state index contributed by atoms with van der Waals surface area (Å²) in [5.41, 5.74) is 0.490. The molecule has 1 saturated heterocycles. The first-order valence-electron chi connectivity index (χ1n) is 6.62. The van der Waals surface area contributed by atoms with Crippen LogP contribution in [0.25, 0.3) is 0 Å². The third-order valence-electron chi connectivity index (χ3n) is 3.03. The quantitative estimate of drug-likeness (QED) is 0.773. The maximum Gasteiger partial charge on any atom is 0.225 e. The predicted molar refractivity (Wildman–Crippen MR) is 71.5 cm³/mol. The number of halogens is 1. The van der Waals surface area contributed by atoms with Gasteiger partial charge in [0.1, 0.15) is 5.82 Å². The molecule has 1 aliphatic rings. The number of ether oxygens (including phenoxy) is 1. The Morgan fingerprint density at radius 1 is 1.47 bits per heavy atom. The highest BCUT2D eigenvalue weighted by molar-refractivity contribution is 5.90. The third kappa shape index (κ3) is 4.96. The van der Waals surface area contributed by atoms with Gasteiger partial charge < -0.3 is 15.4 Å². The van der Waals surface area contributed by atoms with Gasteiger partial charge in [0.25, 0.3) is 0 Å². The number of hydrogen-bond acceptors (Lipinski definition) is 3. The largest absolute Gasteiger partial charge is 0.377 e. The van der Waals surface area contributed by atoms with Gasteiger partial charge in [-0.15, -0.1) is 0 Å². The summed E-state index contributed by atoms with van der Waals surface area (Å²) in [6.07, 6.45) is 2.85. The van der Waals surface area contributed by atoms with Crippen LogP contribution >= 0.6 is 0 Å². The number of amides is 1. The van der Waals surface area contributed by atoms with Gasteiger partial charge in [0.15, 0.2) is 0 Å². The van der Waals surface area contributed by atoms with Crippen LogP contribution in [0.2, 0.25) is 0 Å². The van der Waals surface area contributed by atoms with Crippen LogP contribution in [0.4, 0.5) is 10.1 Å². The Balaban J connectivity index is 1.61. The molecular weight excluding hydrogens is 247 g/mol. The van der Waals surface area contributed by atoms with E-state index in [1.165, 1.54) is 12.1 Å². The molecule has 1 heterocycles. The molecule has 2 N–H and O–H groups in total. The molecule has 1 aromatic carbocycles. The van der Waals surface area contributed by atoms with E-state index >= 15 is 0 Å². The smallest absolute Gasteiger partial charge is 0.225 e. The Labute approximate surface area is 112 Å². The zero-order chi connectivity index (χ0) is 13.5. The zero-order valence-electron chi connectivity index (χ0n) is 10.8. The molecule has 0 saturated carbocycles. The fourth-order valence-corrected chi connectivity index (χ4v) is 2.06. The SMILES string of the molecule is O=C(CCNCC1CCCO1)Nc1cccc(F)c1. The summed E-state index contributed by atoms with van der Waals surface area (Å²) in [6.45, 7) is 2.22. The van der Waals surface area contributed by atoms with Gasteiger partial charge in [-0.2, -0.15) is 0 Å². The van der Waals surface area contributed by atoms with E-state index in [-0.39, 0.29) is 17.8 Å². The zero-order valence-corrected chi connectivity index (χ0v) is 10.8. The fourth-order valence-electron chi connectivity index (χ4n) is 2.06. The molecule has 0 radical (unpaired) electrons. The Kier molecular flexibility index (Phi) is 5.30. The summed E-state index contributed by atoms with van der Waals surface area (Å²) in [7, 11) is 0. The number of anilines is 1. The van der Waals surface area contributed by atoms with Crippen LogP contribution in [-0.4, -0.2) is 31.7 Å². The molecule has 1 aromatic rings. The first kappa shape index (κ1) is 14.0. The third-order valence-corrected chi connectivity index (χ3v) is 3.03. The average Bonchev–Trinajstić information content (AvgIpc) is 2.88. The second-order valence-electron chi connectivity index (χ2n) is 4.65. The molecule has 0 bridgehead atoms. The van der Waals surface area contributed by atoms with Gasteiger partial charge in [-0.1, -0.05) is 6.07 Å². The van der Waals surface area contributed by atoms with Crippen molar-refractivity contribution in [2.75, 3.05) is 25.0 Å². The summed E-state index contributed by atoms with van der Waals surface area (Å²) in [4.78, 5) is 11.6. The molecule has 2 rings (SSSR count). The van der Waals surface area contributed by atoms with E-state index in [1.807, 2.05) is 0 Å². The van der Waals surface area contributed by atoms with E-state index in [1.54, 1.807) is 12.1 Å². The number of carbonyl (C=O) groups is 1. The summed E-state index contributed by atoms with van der Waals surface area (Å²) < 4.78 is 18.4. The average molecular weight is 266 g/mol. The minimum atomic E-state index is -0.352. The molecule has 1 atom stereocenters. The van der Waals surface area contributed by atoms with Gasteiger partial charge in [0, 0.05) is 31.8 Å². The van der Waals surface area contributed by atoms with Gasteiger partial charge in [0.2, 0.25) is 5.91 Å². The molecule has 4 nitrogen and oxygen atoms in total. The van der Waals surface area contributed by atoms with Gasteiger partial charge in [-0.25, -0.2) is 4.39 Å². The molecule has 1 amide bonds. The lowest BCUT2D eigenvalue weighted by molar-refractivity contribution is -0.116. The first-order chi connectivity index (χ1) is 9.24. The van der Waals surface area contributed by atoms with Crippen molar-refractivity contribution in [3.05, 3.63) is 30.1 Å². The highest BCUT2D eigenvalue weighted by atomic mass is 19.1. The monoisotopic (exact) mass is 266 g/mol. The van der Waals surface area contributed by atoms with Crippen LogP contribution in [0.15, 0.2) is 24.3 Å². The standard InChI is InChI=1S/C14H19FN2O2/c15-11-3-1-4-12(9-11)17-14(18)6-7-16-10-13-5-2-8-19-13/h1,3-4,9,13,16H,2,5-8,10H2,(H,17,18). The maximum absolute atomic E-state index is 12.9. The summed E-state index contributed by atoms with van der Waals surface area (Å²) in [5, 5.41) is 5.86. The molecule has 104 valence electrons. The molecule has 19 heavy (non-hydrogen) atoms. The van der Waals surface area contributed by atoms with Crippen molar-refractivity contribution in [1.29, 1.82) is 0 Å². The Morgan fingerprint density at radius 3 is 3.11 bits per heavy atom. The number of hydrogen-bond donors (Lipinski definition) is 2. The highest BCUT2D eigenvalue weighted by Crippen LogP contribution is 2.11. The second-order valence-corrected chi connectivity index (χ2v) is 4.65. The van der Waals surface area contributed by atoms with E-state index in [9.17, 15) is 9.18 Å². The van der Waals surface area contributed by atoms with E-state index in [0.29, 0.717) is 18.7 Å². The van der Waals surface area contributed by atoms with Crippen molar-refractivity contribution in [2.45, 2.75) is 25.4 Å². The minimum absolute atomic E-state index is 0.120. The predicted octanol–water partition coefficient (Wildman–Crippen LogP) is 1.92. The first-order valence-corrected chi connectivity index (χ1v) is 6.62. The molecule has 1 aliphatic heterocycles. The topological polar surface area (TPSA) is 50.4 Å². The van der Waals surface area contributed by atoms with E-state index in [0.717, 1.165) is 26.0 Å². The number of carbonyl (C=O) groups excluding carboxylic acids is 1. The Morgan fingerprint density at radius 2 is 2.37 bits per heavy atom. The van der Waals surface area contributed by atoms with Crippen LogP contribution < -0.4 is 10.6 Å². The lowest BCUT2D eigenvalue weighted by Gasteiger charge is -2.10. The minimum Gasteiger partial charge on any atom is -0.377 e. The lowest BCUT2D eigenvalue weighted by atomic mass is 10.2. The molecule has 1 unspecified atom stereocenters. The van der Waals surface area contributed by atoms with Crippen LogP contribution in [-0.2, 0) is 9.53 Å². The molecule has 0 aliphatic carbocycles. The Hall–Kier alpha value is -1.46. The van der Waals surface area contributed by atoms with Crippen LogP contribution in [0, 0.1) is 5.82 Å². The molecule has 1 fully saturated rings. The number of rotatable bonds is 6. The van der Waals surface area contributed by atoms with E-state index in [4.69, 9.17) is 4.74 Å². The van der Waals surface area contributed by atoms with Crippen LogP contribution in [0.1, 0.15) is 19.3 Å². The van der Waals surface area contributed by atoms with Crippen LogP contribution in [0.3, 0.4) is 0 Å². The molecular formula is C14H19FN2O2. The molecule has 5 heteroatoms. The molecule has 0 spiro atoms. The van der Waals surface area contributed by atoms with Gasteiger partial charge in [-0.05, 0) is 31.0 Å². The van der Waals surface area contributed by atoms with Crippen molar-refractivity contribution in [2.24, 2.45) is 0 Å². The normalized spacial score (nSPS) is 18.5. The lowest BCUT2D eigenvalue weighted by Crippen LogP contribution is -2.29. The van der Waals surface area contributed by atoms with Gasteiger partial charge in [0.05, 0.1) is 6.10 Å². The fraction of sp³-hybridized carbons (Fsp3) is 0.500. The Bertz CT molecular complexity index is 420. The summed E-state index contributed by atoms with van der Waals surface area (Å²) >= 11 is 0. The van der Waals surface area contributed by atoms with E-state index in [2.05, 4.69) is 10.6 Å². The molecule has 0 aromatic heterocycles. The van der Waals surface area contributed by atoms with Crippen molar-refractivity contribution in [3.8, 4) is 0 Å². The summed E-state index contributed by atoms with van der Waals surface area (Å²) in [5.74, 6) is -0.472. The van der Waals surface area contributed by atoms with Crippen molar-refractivity contribution >= 4 is 11.6 Å². The van der Waals surface area contributed by atoms with Crippen molar-refractivity contribution < 1.29 is 13.9 Å². The van der Waals surface area contributed by atoms with Crippen LogP contribution in [0.5, 0.6) is 0 Å². The van der Waals surface area contributed by atoms with Crippen molar-refractivity contribution in [1.82, 2.24) is 5.32 Å². The van der Waals surface area contributed by atoms with Gasteiger partial charge in [-0.3, -0.25) is 4.79 Å². The van der Waals surface area contributed by atoms with Gasteiger partial charge >= 0.3 is 0 Å². The highest BCUT2D eigenvalue weighted by Gasteiger charge is 2.14. The number of nitrogens with one attached hydrogen (secondary N) is 2. The summed E-state index contributed by atoms with van der Waals surface area (Å²) in [6, 6.07) is 5.89. The van der Waals surface area contributed by atoms with E-state index < -0.39 is 0 Å². The van der Waals surface area contributed by atoms with Crippen molar-refractivity contribution in [3.63, 3.8) is 0 Å². The number of benzene rings is 1.